The largest absolute Gasteiger partial charge is 0.322 e. The Morgan fingerprint density at radius 1 is 0.966 bits per heavy atom. The van der Waals surface area contributed by atoms with Gasteiger partial charge in [-0.2, -0.15) is 0 Å². The summed E-state index contributed by atoms with van der Waals surface area (Å²) < 4.78 is 27.4. The normalized spacial score (nSPS) is 11.4. The fraction of sp³-hybridized carbons (Fsp3) is 0.0870. The molecule has 2 aromatic carbocycles. The lowest BCUT2D eigenvalue weighted by atomic mass is 10.0. The Balaban J connectivity index is 1.76. The summed E-state index contributed by atoms with van der Waals surface area (Å²) in [5, 5.41) is 3.61. The van der Waals surface area contributed by atoms with Crippen LogP contribution >= 0.6 is 0 Å². The standard InChI is InChI=1S/C23H17F2N3O/c1-23(24,25)17-6-2-5-16(14-17)20-9-8-15-4-3-7-19(21(15)28-20)22(29)27-18-10-12-26-13-11-18/h2-14H,1H3,(H,26,27,29). The number of amides is 1. The zero-order chi connectivity index (χ0) is 20.4. The van der Waals surface area contributed by atoms with Gasteiger partial charge in [-0.25, -0.2) is 13.8 Å². The van der Waals surface area contributed by atoms with Crippen LogP contribution in [-0.4, -0.2) is 15.9 Å². The van der Waals surface area contributed by atoms with Crippen LogP contribution < -0.4 is 5.32 Å². The Labute approximate surface area is 166 Å². The Morgan fingerprint density at radius 2 is 1.72 bits per heavy atom. The van der Waals surface area contributed by atoms with E-state index in [1.54, 1.807) is 54.9 Å². The number of benzene rings is 2. The van der Waals surface area contributed by atoms with Crippen LogP contribution in [0.1, 0.15) is 22.8 Å². The topological polar surface area (TPSA) is 54.9 Å². The summed E-state index contributed by atoms with van der Waals surface area (Å²) in [6.45, 7) is 0.863. The molecule has 0 aliphatic rings. The second-order valence-corrected chi connectivity index (χ2v) is 6.73. The number of nitrogens with zero attached hydrogens (tertiary/aromatic N) is 2. The summed E-state index contributed by atoms with van der Waals surface area (Å²) in [7, 11) is 0. The molecule has 0 aliphatic heterocycles. The number of hydrogen-bond donors (Lipinski definition) is 1. The van der Waals surface area contributed by atoms with E-state index < -0.39 is 5.92 Å². The summed E-state index contributed by atoms with van der Waals surface area (Å²) in [4.78, 5) is 21.3. The van der Waals surface area contributed by atoms with Crippen molar-refractivity contribution in [1.82, 2.24) is 9.97 Å². The van der Waals surface area contributed by atoms with E-state index in [1.807, 2.05) is 12.1 Å². The second-order valence-electron chi connectivity index (χ2n) is 6.73. The molecule has 144 valence electrons. The number of carbonyl (C=O) groups is 1. The third-order valence-corrected chi connectivity index (χ3v) is 4.57. The summed E-state index contributed by atoms with van der Waals surface area (Å²) in [5.41, 5.74) is 2.53. The van der Waals surface area contributed by atoms with Crippen molar-refractivity contribution in [2.75, 3.05) is 5.32 Å². The number of fused-ring (bicyclic) bond motifs is 1. The van der Waals surface area contributed by atoms with Crippen LogP contribution in [0, 0.1) is 0 Å². The number of hydrogen-bond acceptors (Lipinski definition) is 3. The van der Waals surface area contributed by atoms with E-state index in [0.29, 0.717) is 28.0 Å². The van der Waals surface area contributed by atoms with Gasteiger partial charge in [-0.15, -0.1) is 0 Å². The number of anilines is 1. The predicted octanol–water partition coefficient (Wildman–Crippen LogP) is 5.66. The number of pyridine rings is 2. The first-order chi connectivity index (χ1) is 13.9. The van der Waals surface area contributed by atoms with Gasteiger partial charge in [-0.05, 0) is 30.3 Å². The number of nitrogens with one attached hydrogen (secondary N) is 1. The molecule has 0 spiro atoms. The molecule has 2 heterocycles. The first-order valence-electron chi connectivity index (χ1n) is 9.02. The van der Waals surface area contributed by atoms with Crippen LogP contribution in [0.15, 0.2) is 79.1 Å². The van der Waals surface area contributed by atoms with Gasteiger partial charge in [0.15, 0.2) is 0 Å². The van der Waals surface area contributed by atoms with Gasteiger partial charge < -0.3 is 5.32 Å². The highest BCUT2D eigenvalue weighted by Crippen LogP contribution is 2.31. The van der Waals surface area contributed by atoms with Gasteiger partial charge in [0.1, 0.15) is 0 Å². The van der Waals surface area contributed by atoms with Gasteiger partial charge in [0.05, 0.1) is 16.8 Å². The molecule has 0 atom stereocenters. The Morgan fingerprint density at radius 3 is 2.48 bits per heavy atom. The molecule has 4 aromatic rings. The number of para-hydroxylation sites is 1. The minimum Gasteiger partial charge on any atom is -0.322 e. The quantitative estimate of drug-likeness (QED) is 0.490. The molecule has 4 rings (SSSR count). The molecular weight excluding hydrogens is 372 g/mol. The van der Waals surface area contributed by atoms with Gasteiger partial charge in [0, 0.05) is 41.5 Å². The summed E-state index contributed by atoms with van der Waals surface area (Å²) in [6.07, 6.45) is 3.18. The maximum absolute atomic E-state index is 13.7. The van der Waals surface area contributed by atoms with Crippen LogP contribution in [0.5, 0.6) is 0 Å². The number of rotatable bonds is 4. The molecular formula is C23H17F2N3O. The molecule has 0 aliphatic carbocycles. The van der Waals surface area contributed by atoms with Crippen molar-refractivity contribution in [3.8, 4) is 11.3 Å². The van der Waals surface area contributed by atoms with E-state index in [1.165, 1.54) is 12.1 Å². The first kappa shape index (κ1) is 18.7. The lowest BCUT2D eigenvalue weighted by molar-refractivity contribution is 0.0175. The SMILES string of the molecule is CC(F)(F)c1cccc(-c2ccc3cccc(C(=O)Nc4ccncc4)c3n2)c1. The van der Waals surface area contributed by atoms with E-state index >= 15 is 0 Å². The molecule has 0 unspecified atom stereocenters. The van der Waals surface area contributed by atoms with Crippen molar-refractivity contribution in [3.63, 3.8) is 0 Å². The highest BCUT2D eigenvalue weighted by molar-refractivity contribution is 6.12. The van der Waals surface area contributed by atoms with E-state index in [2.05, 4.69) is 15.3 Å². The van der Waals surface area contributed by atoms with Crippen molar-refractivity contribution in [3.05, 3.63) is 90.3 Å². The molecule has 0 saturated heterocycles. The predicted molar refractivity (Wildman–Crippen MR) is 109 cm³/mol. The van der Waals surface area contributed by atoms with Gasteiger partial charge in [0.2, 0.25) is 0 Å². The summed E-state index contributed by atoms with van der Waals surface area (Å²) in [6, 6.07) is 18.4. The van der Waals surface area contributed by atoms with Crippen LogP contribution in [0.3, 0.4) is 0 Å². The summed E-state index contributed by atoms with van der Waals surface area (Å²) in [5.74, 6) is -3.25. The van der Waals surface area contributed by atoms with Gasteiger partial charge in [0.25, 0.3) is 11.8 Å². The van der Waals surface area contributed by atoms with Crippen LogP contribution in [0.2, 0.25) is 0 Å². The zero-order valence-corrected chi connectivity index (χ0v) is 15.6. The van der Waals surface area contributed by atoms with E-state index in [4.69, 9.17) is 0 Å². The van der Waals surface area contributed by atoms with Crippen molar-refractivity contribution < 1.29 is 13.6 Å². The Kier molecular flexibility index (Phi) is 4.76. The van der Waals surface area contributed by atoms with Crippen LogP contribution in [0.4, 0.5) is 14.5 Å². The van der Waals surface area contributed by atoms with Crippen molar-refractivity contribution >= 4 is 22.5 Å². The smallest absolute Gasteiger partial charge is 0.270 e. The third-order valence-electron chi connectivity index (χ3n) is 4.57. The molecule has 2 aromatic heterocycles. The Hall–Kier alpha value is -3.67. The minimum atomic E-state index is -2.94. The fourth-order valence-corrected chi connectivity index (χ4v) is 3.08. The van der Waals surface area contributed by atoms with Gasteiger partial charge in [-0.1, -0.05) is 36.4 Å². The second kappa shape index (κ2) is 7.39. The summed E-state index contributed by atoms with van der Waals surface area (Å²) >= 11 is 0. The zero-order valence-electron chi connectivity index (χ0n) is 15.6. The fourth-order valence-electron chi connectivity index (χ4n) is 3.08. The molecule has 0 saturated carbocycles. The lowest BCUT2D eigenvalue weighted by Crippen LogP contribution is -2.13. The van der Waals surface area contributed by atoms with E-state index in [-0.39, 0.29) is 11.5 Å². The van der Waals surface area contributed by atoms with Gasteiger partial charge in [-0.3, -0.25) is 9.78 Å². The highest BCUT2D eigenvalue weighted by atomic mass is 19.3. The van der Waals surface area contributed by atoms with Crippen molar-refractivity contribution in [2.45, 2.75) is 12.8 Å². The number of halogens is 2. The average Bonchev–Trinajstić information content (AvgIpc) is 2.73. The maximum Gasteiger partial charge on any atom is 0.270 e. The lowest BCUT2D eigenvalue weighted by Gasteiger charge is -2.12. The van der Waals surface area contributed by atoms with Crippen LogP contribution in [0.25, 0.3) is 22.2 Å². The molecule has 0 fully saturated rings. The first-order valence-corrected chi connectivity index (χ1v) is 9.02. The van der Waals surface area contributed by atoms with E-state index in [0.717, 1.165) is 12.3 Å². The molecule has 0 bridgehead atoms. The van der Waals surface area contributed by atoms with E-state index in [9.17, 15) is 13.6 Å². The third kappa shape index (κ3) is 3.96. The number of aromatic nitrogens is 2. The number of carbonyl (C=O) groups excluding carboxylic acids is 1. The average molecular weight is 389 g/mol. The monoisotopic (exact) mass is 389 g/mol. The highest BCUT2D eigenvalue weighted by Gasteiger charge is 2.24. The number of alkyl halides is 2. The molecule has 29 heavy (non-hydrogen) atoms. The molecule has 1 amide bonds. The minimum absolute atomic E-state index is 0.0828. The molecule has 0 radical (unpaired) electrons. The molecule has 4 nitrogen and oxygen atoms in total. The Bertz CT molecular complexity index is 1190. The van der Waals surface area contributed by atoms with Crippen LogP contribution in [-0.2, 0) is 5.92 Å². The molecule has 1 N–H and O–H groups in total. The van der Waals surface area contributed by atoms with Crippen molar-refractivity contribution in [1.29, 1.82) is 0 Å². The molecule has 6 heteroatoms. The maximum atomic E-state index is 13.7. The van der Waals surface area contributed by atoms with Crippen molar-refractivity contribution in [2.24, 2.45) is 0 Å². The van der Waals surface area contributed by atoms with Gasteiger partial charge >= 0.3 is 0 Å².